The van der Waals surface area contributed by atoms with Gasteiger partial charge in [0.1, 0.15) is 17.3 Å². The van der Waals surface area contributed by atoms with Crippen molar-refractivity contribution >= 4 is 39.1 Å². The first-order valence-corrected chi connectivity index (χ1v) is 10.3. The summed E-state index contributed by atoms with van der Waals surface area (Å²) in [6.07, 6.45) is 1.61. The van der Waals surface area contributed by atoms with E-state index in [1.54, 1.807) is 37.7 Å². The first-order chi connectivity index (χ1) is 13.7. The summed E-state index contributed by atoms with van der Waals surface area (Å²) in [6, 6.07) is 11.3. The van der Waals surface area contributed by atoms with E-state index in [9.17, 15) is 4.79 Å². The Labute approximate surface area is 169 Å². The number of ether oxygens (including phenoxy) is 2. The van der Waals surface area contributed by atoms with Gasteiger partial charge in [0.25, 0.3) is 5.56 Å². The summed E-state index contributed by atoms with van der Waals surface area (Å²) < 4.78 is 12.6. The van der Waals surface area contributed by atoms with Crippen LogP contribution in [0, 0.1) is 6.92 Å². The van der Waals surface area contributed by atoms with Gasteiger partial charge in [-0.2, -0.15) is 9.78 Å². The largest absolute Gasteiger partial charge is 0.493 e. The fraction of sp³-hybridized carbons (Fsp3) is 0.150. The number of thiophene rings is 2. The molecule has 4 rings (SSSR count). The molecule has 28 heavy (non-hydrogen) atoms. The summed E-state index contributed by atoms with van der Waals surface area (Å²) in [5, 5.41) is 8.76. The minimum Gasteiger partial charge on any atom is -0.493 e. The van der Waals surface area contributed by atoms with E-state index in [1.165, 1.54) is 16.0 Å². The van der Waals surface area contributed by atoms with Crippen LogP contribution in [0.5, 0.6) is 11.5 Å². The van der Waals surface area contributed by atoms with Gasteiger partial charge < -0.3 is 9.47 Å². The summed E-state index contributed by atoms with van der Waals surface area (Å²) in [5.74, 6) is 1.80. The maximum atomic E-state index is 12.6. The Balaban J connectivity index is 1.59. The highest BCUT2D eigenvalue weighted by Gasteiger charge is 2.09. The normalized spacial score (nSPS) is 11.4. The summed E-state index contributed by atoms with van der Waals surface area (Å²) in [6.45, 7) is 2.25. The highest BCUT2D eigenvalue weighted by atomic mass is 32.1. The predicted molar refractivity (Wildman–Crippen MR) is 113 cm³/mol. The molecule has 0 aliphatic heterocycles. The molecule has 0 radical (unpaired) electrons. The number of aryl methyl sites for hydroxylation is 1. The lowest BCUT2D eigenvalue weighted by Crippen LogP contribution is -2.19. The third-order valence-corrected chi connectivity index (χ3v) is 5.75. The van der Waals surface area contributed by atoms with Crippen LogP contribution in [0.3, 0.4) is 0 Å². The molecule has 3 heterocycles. The van der Waals surface area contributed by atoms with Crippen LogP contribution < -0.4 is 15.0 Å². The molecule has 0 bridgehead atoms. The van der Waals surface area contributed by atoms with Crippen LogP contribution in [0.2, 0.25) is 0 Å². The number of methoxy groups -OCH3 is 1. The van der Waals surface area contributed by atoms with Gasteiger partial charge in [-0.15, -0.1) is 22.7 Å². The average Bonchev–Trinajstić information content (AvgIpc) is 3.38. The minimum atomic E-state index is -0.178. The van der Waals surface area contributed by atoms with Gasteiger partial charge in [0, 0.05) is 4.88 Å². The Morgan fingerprint density at radius 1 is 1.18 bits per heavy atom. The molecule has 4 aromatic rings. The molecule has 6 nitrogen and oxygen atoms in total. The van der Waals surface area contributed by atoms with Gasteiger partial charge in [0.05, 0.1) is 18.7 Å². The Morgan fingerprint density at radius 3 is 2.86 bits per heavy atom. The van der Waals surface area contributed by atoms with E-state index < -0.39 is 0 Å². The fourth-order valence-corrected chi connectivity index (χ4v) is 4.11. The maximum Gasteiger partial charge on any atom is 0.282 e. The predicted octanol–water partition coefficient (Wildman–Crippen LogP) is 4.30. The topological polar surface area (TPSA) is 65.7 Å². The first kappa shape index (κ1) is 18.4. The first-order valence-electron chi connectivity index (χ1n) is 8.50. The Bertz CT molecular complexity index is 1190. The third kappa shape index (κ3) is 3.69. The van der Waals surface area contributed by atoms with Crippen molar-refractivity contribution in [2.75, 3.05) is 7.11 Å². The van der Waals surface area contributed by atoms with Crippen molar-refractivity contribution in [3.8, 4) is 11.5 Å². The van der Waals surface area contributed by atoms with Crippen molar-refractivity contribution in [2.45, 2.75) is 13.5 Å². The van der Waals surface area contributed by atoms with Crippen LogP contribution in [0.4, 0.5) is 0 Å². The summed E-state index contributed by atoms with van der Waals surface area (Å²) in [7, 11) is 1.59. The van der Waals surface area contributed by atoms with Gasteiger partial charge in [-0.3, -0.25) is 4.79 Å². The number of rotatable bonds is 6. The monoisotopic (exact) mass is 411 g/mol. The second kappa shape index (κ2) is 7.95. The quantitative estimate of drug-likeness (QED) is 0.444. The highest BCUT2D eigenvalue weighted by molar-refractivity contribution is 7.16. The summed E-state index contributed by atoms with van der Waals surface area (Å²) in [5.41, 5.74) is 0.611. The van der Waals surface area contributed by atoms with E-state index in [0.29, 0.717) is 29.3 Å². The van der Waals surface area contributed by atoms with Crippen molar-refractivity contribution in [1.82, 2.24) is 9.66 Å². The van der Waals surface area contributed by atoms with Gasteiger partial charge >= 0.3 is 0 Å². The van der Waals surface area contributed by atoms with E-state index in [4.69, 9.17) is 9.47 Å². The molecule has 3 aromatic heterocycles. The molecule has 0 unspecified atom stereocenters. The second-order valence-electron chi connectivity index (χ2n) is 5.94. The van der Waals surface area contributed by atoms with Crippen LogP contribution in [-0.2, 0) is 6.61 Å². The fourth-order valence-electron chi connectivity index (χ4n) is 2.69. The number of fused-ring (bicyclic) bond motifs is 1. The SMILES string of the molecule is COc1cc(C=Nn2c(C)nc3sccc3c2=O)ccc1OCc1cccs1. The standard InChI is InChI=1S/C20H17N3O3S2/c1-13-22-19-16(7-9-28-19)20(24)23(13)21-11-14-5-6-17(18(10-14)25-2)26-12-15-4-3-8-27-15/h3-11H,12H2,1-2H3. The lowest BCUT2D eigenvalue weighted by molar-refractivity contribution is 0.287. The highest BCUT2D eigenvalue weighted by Crippen LogP contribution is 2.28. The summed E-state index contributed by atoms with van der Waals surface area (Å²) in [4.78, 5) is 18.9. The molecule has 0 amide bonds. The lowest BCUT2D eigenvalue weighted by atomic mass is 10.2. The van der Waals surface area contributed by atoms with Crippen molar-refractivity contribution < 1.29 is 9.47 Å². The van der Waals surface area contributed by atoms with Gasteiger partial charge in [-0.05, 0) is 53.6 Å². The average molecular weight is 412 g/mol. The van der Waals surface area contributed by atoms with Crippen LogP contribution in [0.25, 0.3) is 10.2 Å². The zero-order valence-corrected chi connectivity index (χ0v) is 16.9. The van der Waals surface area contributed by atoms with Crippen molar-refractivity contribution in [1.29, 1.82) is 0 Å². The molecule has 0 saturated heterocycles. The van der Waals surface area contributed by atoms with E-state index in [0.717, 1.165) is 15.3 Å². The van der Waals surface area contributed by atoms with Crippen LogP contribution >= 0.6 is 22.7 Å². The molecule has 0 spiro atoms. The van der Waals surface area contributed by atoms with E-state index in [2.05, 4.69) is 10.1 Å². The molecule has 0 atom stereocenters. The molecule has 0 aliphatic rings. The van der Waals surface area contributed by atoms with Gasteiger partial charge in [-0.25, -0.2) is 4.98 Å². The van der Waals surface area contributed by atoms with Crippen LogP contribution in [0.15, 0.2) is 57.1 Å². The molecule has 8 heteroatoms. The number of nitrogens with zero attached hydrogens (tertiary/aromatic N) is 3. The lowest BCUT2D eigenvalue weighted by Gasteiger charge is -2.10. The van der Waals surface area contributed by atoms with Crippen molar-refractivity contribution in [2.24, 2.45) is 5.10 Å². The van der Waals surface area contributed by atoms with Gasteiger partial charge in [0.2, 0.25) is 0 Å². The summed E-state index contributed by atoms with van der Waals surface area (Å²) >= 11 is 3.09. The Hall–Kier alpha value is -2.97. The maximum absolute atomic E-state index is 12.6. The number of hydrogen-bond donors (Lipinski definition) is 0. The second-order valence-corrected chi connectivity index (χ2v) is 7.87. The zero-order valence-electron chi connectivity index (χ0n) is 15.3. The smallest absolute Gasteiger partial charge is 0.282 e. The van der Waals surface area contributed by atoms with E-state index in [-0.39, 0.29) is 5.56 Å². The Morgan fingerprint density at radius 2 is 2.07 bits per heavy atom. The van der Waals surface area contributed by atoms with Gasteiger partial charge in [0.15, 0.2) is 11.5 Å². The Kier molecular flexibility index (Phi) is 5.23. The zero-order chi connectivity index (χ0) is 19.5. The molecule has 142 valence electrons. The van der Waals surface area contributed by atoms with Gasteiger partial charge in [-0.1, -0.05) is 6.07 Å². The van der Waals surface area contributed by atoms with Crippen LogP contribution in [0.1, 0.15) is 16.3 Å². The van der Waals surface area contributed by atoms with Crippen LogP contribution in [-0.4, -0.2) is 23.0 Å². The molecule has 1 aromatic carbocycles. The van der Waals surface area contributed by atoms with E-state index in [1.807, 2.05) is 41.1 Å². The van der Waals surface area contributed by atoms with E-state index >= 15 is 0 Å². The number of benzene rings is 1. The van der Waals surface area contributed by atoms with Crippen molar-refractivity contribution in [3.63, 3.8) is 0 Å². The van der Waals surface area contributed by atoms with Crippen molar-refractivity contribution in [3.05, 3.63) is 73.8 Å². The molecule has 0 aliphatic carbocycles. The number of aromatic nitrogens is 2. The molecular weight excluding hydrogens is 394 g/mol. The number of hydrogen-bond acceptors (Lipinski definition) is 7. The third-order valence-electron chi connectivity index (χ3n) is 4.10. The molecule has 0 N–H and O–H groups in total. The molecule has 0 fully saturated rings. The molecular formula is C20H17N3O3S2. The molecule has 0 saturated carbocycles. The minimum absolute atomic E-state index is 0.178.